The van der Waals surface area contributed by atoms with E-state index in [4.69, 9.17) is 0 Å². The van der Waals surface area contributed by atoms with E-state index < -0.39 is 23.4 Å². The van der Waals surface area contributed by atoms with E-state index in [-0.39, 0.29) is 11.7 Å². The Bertz CT molecular complexity index is 1040. The molecule has 0 bridgehead atoms. The number of para-hydroxylation sites is 1. The Kier molecular flexibility index (Phi) is 3.64. The predicted molar refractivity (Wildman–Crippen MR) is 106 cm³/mol. The second kappa shape index (κ2) is 6.08. The molecule has 3 aliphatic rings. The highest BCUT2D eigenvalue weighted by Gasteiger charge is 2.64. The van der Waals surface area contributed by atoms with Gasteiger partial charge < -0.3 is 4.90 Å². The van der Waals surface area contributed by atoms with Gasteiger partial charge in [-0.15, -0.1) is 0 Å². The minimum Gasteiger partial charge on any atom is -0.351 e. The van der Waals surface area contributed by atoms with Crippen molar-refractivity contribution in [3.05, 3.63) is 71.8 Å². The van der Waals surface area contributed by atoms with Gasteiger partial charge in [0.1, 0.15) is 0 Å². The van der Waals surface area contributed by atoms with Crippen molar-refractivity contribution >= 4 is 17.5 Å². The highest BCUT2D eigenvalue weighted by Crippen LogP contribution is 2.56. The lowest BCUT2D eigenvalue weighted by Gasteiger charge is -2.35. The first kappa shape index (κ1) is 16.8. The molecule has 0 radical (unpaired) electrons. The summed E-state index contributed by atoms with van der Waals surface area (Å²) in [6.45, 7) is 0. The van der Waals surface area contributed by atoms with Crippen molar-refractivity contribution in [2.45, 2.75) is 30.8 Å². The molecule has 2 aromatic rings. The monoisotopic (exact) mass is 365 g/mol. The van der Waals surface area contributed by atoms with Gasteiger partial charge in [-0.25, -0.2) is 0 Å². The Balaban J connectivity index is 1.77. The van der Waals surface area contributed by atoms with E-state index in [9.17, 15) is 15.3 Å². The number of fused-ring (bicyclic) bond motifs is 3. The quantitative estimate of drug-likeness (QED) is 0.822. The van der Waals surface area contributed by atoms with E-state index in [0.29, 0.717) is 0 Å². The maximum absolute atomic E-state index is 13.5. The lowest BCUT2D eigenvalue weighted by molar-refractivity contribution is -0.121. The first-order chi connectivity index (χ1) is 13.7. The standard InChI is InChI=1S/C24H19N3O/c25-14-24(15-26)20-13-12-16-6-4-5-9-19(16)27(20)22(23(28)18-10-11-18)21(24)17-7-2-1-3-8-17/h1-9,12-13,18,20-22H,10-11H2/t20-,21-,22+/m0/s1. The molecular formula is C24H19N3O. The van der Waals surface area contributed by atoms with Crippen molar-refractivity contribution in [1.29, 1.82) is 10.5 Å². The molecule has 2 heterocycles. The molecule has 0 spiro atoms. The van der Waals surface area contributed by atoms with Gasteiger partial charge in [0.05, 0.1) is 24.2 Å². The summed E-state index contributed by atoms with van der Waals surface area (Å²) in [4.78, 5) is 15.5. The summed E-state index contributed by atoms with van der Waals surface area (Å²) in [6.07, 6.45) is 5.72. The molecular weight excluding hydrogens is 346 g/mol. The van der Waals surface area contributed by atoms with Crippen LogP contribution in [0.3, 0.4) is 0 Å². The van der Waals surface area contributed by atoms with Crippen LogP contribution in [0.25, 0.3) is 6.08 Å². The summed E-state index contributed by atoms with van der Waals surface area (Å²) in [5, 5.41) is 20.5. The molecule has 5 rings (SSSR count). The fraction of sp³-hybridized carbons (Fsp3) is 0.292. The molecule has 2 aromatic carbocycles. The normalized spacial score (nSPS) is 26.6. The molecule has 2 fully saturated rings. The summed E-state index contributed by atoms with van der Waals surface area (Å²) in [5.41, 5.74) is 1.51. The number of nitriles is 2. The third-order valence-electron chi connectivity index (χ3n) is 6.35. The molecule has 0 aromatic heterocycles. The Morgan fingerprint density at radius 2 is 1.68 bits per heavy atom. The highest BCUT2D eigenvalue weighted by molar-refractivity contribution is 5.95. The molecule has 4 heteroatoms. The maximum atomic E-state index is 13.5. The number of hydrogen-bond acceptors (Lipinski definition) is 4. The first-order valence-corrected chi connectivity index (χ1v) is 9.68. The molecule has 4 nitrogen and oxygen atoms in total. The van der Waals surface area contributed by atoms with Gasteiger partial charge in [0.25, 0.3) is 0 Å². The number of anilines is 1. The molecule has 1 aliphatic carbocycles. The van der Waals surface area contributed by atoms with Crippen molar-refractivity contribution in [3.8, 4) is 12.1 Å². The number of benzene rings is 2. The summed E-state index contributed by atoms with van der Waals surface area (Å²) < 4.78 is 0. The Morgan fingerprint density at radius 1 is 1.00 bits per heavy atom. The van der Waals surface area contributed by atoms with Crippen LogP contribution in [0.15, 0.2) is 60.7 Å². The number of nitrogens with zero attached hydrogens (tertiary/aromatic N) is 3. The maximum Gasteiger partial charge on any atom is 0.176 e. The number of carbonyl (C=O) groups is 1. The second-order valence-electron chi connectivity index (χ2n) is 7.87. The van der Waals surface area contributed by atoms with Crippen LogP contribution in [0.1, 0.15) is 29.9 Å². The molecule has 1 saturated heterocycles. The van der Waals surface area contributed by atoms with E-state index in [0.717, 1.165) is 29.7 Å². The number of rotatable bonds is 3. The van der Waals surface area contributed by atoms with Gasteiger partial charge in [-0.1, -0.05) is 60.7 Å². The molecule has 1 saturated carbocycles. The zero-order chi connectivity index (χ0) is 19.3. The van der Waals surface area contributed by atoms with Crippen LogP contribution in [-0.4, -0.2) is 17.9 Å². The van der Waals surface area contributed by atoms with Crippen molar-refractivity contribution in [1.82, 2.24) is 0 Å². The molecule has 28 heavy (non-hydrogen) atoms. The smallest absolute Gasteiger partial charge is 0.176 e. The zero-order valence-corrected chi connectivity index (χ0v) is 15.3. The van der Waals surface area contributed by atoms with E-state index in [2.05, 4.69) is 17.0 Å². The van der Waals surface area contributed by atoms with Crippen LogP contribution in [-0.2, 0) is 4.79 Å². The molecule has 136 valence electrons. The second-order valence-corrected chi connectivity index (χ2v) is 7.87. The molecule has 0 unspecified atom stereocenters. The van der Waals surface area contributed by atoms with Crippen molar-refractivity contribution in [3.63, 3.8) is 0 Å². The fourth-order valence-corrected chi connectivity index (χ4v) is 4.90. The largest absolute Gasteiger partial charge is 0.351 e. The Hall–Kier alpha value is -3.37. The SMILES string of the molecule is N#CC1(C#N)[C@@H]2C=Cc3ccccc3N2[C@@H](C(=O)C2CC2)[C@@H]1c1ccccc1. The van der Waals surface area contributed by atoms with Gasteiger partial charge in [0.15, 0.2) is 11.2 Å². The minimum absolute atomic E-state index is 0.0446. The number of hydrogen-bond donors (Lipinski definition) is 0. The number of carbonyl (C=O) groups excluding carboxylic acids is 1. The summed E-state index contributed by atoms with van der Waals surface area (Å²) >= 11 is 0. The molecule has 3 atom stereocenters. The van der Waals surface area contributed by atoms with Crippen LogP contribution >= 0.6 is 0 Å². The Labute approximate surface area is 164 Å². The average molecular weight is 365 g/mol. The topological polar surface area (TPSA) is 67.9 Å². The van der Waals surface area contributed by atoms with Crippen LogP contribution < -0.4 is 4.90 Å². The number of Topliss-reactive ketones (excluding diaryl/α,β-unsaturated/α-hetero) is 1. The van der Waals surface area contributed by atoms with E-state index in [1.165, 1.54) is 0 Å². The van der Waals surface area contributed by atoms with Gasteiger partial charge in [0.2, 0.25) is 0 Å². The lowest BCUT2D eigenvalue weighted by Crippen LogP contribution is -2.44. The van der Waals surface area contributed by atoms with Crippen LogP contribution in [0, 0.1) is 34.0 Å². The van der Waals surface area contributed by atoms with Gasteiger partial charge in [-0.2, -0.15) is 10.5 Å². The van der Waals surface area contributed by atoms with E-state index in [1.54, 1.807) is 0 Å². The van der Waals surface area contributed by atoms with Gasteiger partial charge in [-0.3, -0.25) is 4.79 Å². The fourth-order valence-electron chi connectivity index (χ4n) is 4.90. The van der Waals surface area contributed by atoms with Crippen molar-refractivity contribution in [2.75, 3.05) is 4.90 Å². The molecule has 0 amide bonds. The van der Waals surface area contributed by atoms with Gasteiger partial charge in [-0.05, 0) is 30.0 Å². The number of ketones is 1. The van der Waals surface area contributed by atoms with E-state index in [1.807, 2.05) is 66.7 Å². The summed E-state index contributed by atoms with van der Waals surface area (Å²) in [6, 6.07) is 21.3. The summed E-state index contributed by atoms with van der Waals surface area (Å²) in [7, 11) is 0. The Morgan fingerprint density at radius 3 is 2.36 bits per heavy atom. The van der Waals surface area contributed by atoms with Crippen molar-refractivity contribution < 1.29 is 4.79 Å². The van der Waals surface area contributed by atoms with Crippen LogP contribution in [0.4, 0.5) is 5.69 Å². The van der Waals surface area contributed by atoms with Crippen molar-refractivity contribution in [2.24, 2.45) is 11.3 Å². The predicted octanol–water partition coefficient (Wildman–Crippen LogP) is 4.07. The molecule has 2 aliphatic heterocycles. The first-order valence-electron chi connectivity index (χ1n) is 9.68. The lowest BCUT2D eigenvalue weighted by atomic mass is 9.69. The third kappa shape index (κ3) is 2.18. The summed E-state index contributed by atoms with van der Waals surface area (Å²) in [5.74, 6) is -0.281. The highest BCUT2D eigenvalue weighted by atomic mass is 16.1. The van der Waals surface area contributed by atoms with Crippen LogP contribution in [0.5, 0.6) is 0 Å². The van der Waals surface area contributed by atoms with Gasteiger partial charge in [0, 0.05) is 17.5 Å². The minimum atomic E-state index is -1.32. The van der Waals surface area contributed by atoms with E-state index >= 15 is 0 Å². The zero-order valence-electron chi connectivity index (χ0n) is 15.3. The van der Waals surface area contributed by atoms with Crippen LogP contribution in [0.2, 0.25) is 0 Å². The molecule has 0 N–H and O–H groups in total. The van der Waals surface area contributed by atoms with Gasteiger partial charge >= 0.3 is 0 Å². The third-order valence-corrected chi connectivity index (χ3v) is 6.35. The average Bonchev–Trinajstić information content (AvgIpc) is 3.56.